The first kappa shape index (κ1) is 19.8. The van der Waals surface area contributed by atoms with Crippen LogP contribution < -0.4 is 0 Å². The van der Waals surface area contributed by atoms with Gasteiger partial charge in [0.2, 0.25) is 0 Å². The van der Waals surface area contributed by atoms with Crippen LogP contribution in [0, 0.1) is 0 Å². The Morgan fingerprint density at radius 2 is 2.19 bits per heavy atom. The molecule has 2 atom stereocenters. The van der Waals surface area contributed by atoms with E-state index >= 15 is 0 Å². The highest BCUT2D eigenvalue weighted by atomic mass is 28.4. The maximum Gasteiger partial charge on any atom is 0.345 e. The Balaban J connectivity index is 1.86. The highest BCUT2D eigenvalue weighted by Crippen LogP contribution is 2.39. The van der Waals surface area contributed by atoms with E-state index in [1.807, 2.05) is 0 Å². The number of hydrogen-bond acceptors (Lipinski definition) is 5. The lowest BCUT2D eigenvalue weighted by Crippen LogP contribution is -2.47. The van der Waals surface area contributed by atoms with Crippen molar-refractivity contribution in [2.24, 2.45) is 0 Å². The highest BCUT2D eigenvalue weighted by molar-refractivity contribution is 6.74. The molecule has 1 saturated heterocycles. The van der Waals surface area contributed by atoms with Gasteiger partial charge < -0.3 is 13.7 Å². The Hall–Kier alpha value is -1.90. The molecule has 2 bridgehead atoms. The van der Waals surface area contributed by atoms with Crippen LogP contribution in [0.1, 0.15) is 26.5 Å². The summed E-state index contributed by atoms with van der Waals surface area (Å²) in [6, 6.07) is -0.550. The summed E-state index contributed by atoms with van der Waals surface area (Å²) >= 11 is 0. The molecule has 148 valence electrons. The van der Waals surface area contributed by atoms with Crippen molar-refractivity contribution in [2.75, 3.05) is 19.8 Å². The zero-order valence-corrected chi connectivity index (χ0v) is 17.8. The summed E-state index contributed by atoms with van der Waals surface area (Å²) in [5.74, 6) is 0.652. The van der Waals surface area contributed by atoms with Crippen molar-refractivity contribution >= 4 is 19.9 Å². The molecule has 0 spiro atoms. The van der Waals surface area contributed by atoms with Crippen LogP contribution in [0.3, 0.4) is 0 Å². The maximum absolute atomic E-state index is 12.9. The number of urea groups is 1. The smallest absolute Gasteiger partial charge is 0.345 e. The van der Waals surface area contributed by atoms with Crippen LogP contribution in [0.15, 0.2) is 35.7 Å². The van der Waals surface area contributed by atoms with Gasteiger partial charge in [-0.25, -0.2) is 9.78 Å². The average molecular weight is 392 g/mol. The van der Waals surface area contributed by atoms with Gasteiger partial charge in [0.25, 0.3) is 0 Å². The number of oxazole rings is 1. The number of aromatic nitrogens is 1. The summed E-state index contributed by atoms with van der Waals surface area (Å²) in [5, 5.41) is 1.53. The largest absolute Gasteiger partial charge is 0.444 e. The molecule has 1 fully saturated rings. The number of hydrogen-bond donors (Lipinski definition) is 0. The molecule has 27 heavy (non-hydrogen) atoms. The predicted molar refractivity (Wildman–Crippen MR) is 105 cm³/mol. The first-order chi connectivity index (χ1) is 12.7. The number of rotatable bonds is 7. The van der Waals surface area contributed by atoms with Gasteiger partial charge in [-0.3, -0.25) is 4.84 Å². The van der Waals surface area contributed by atoms with Gasteiger partial charge in [0.05, 0.1) is 32.0 Å². The minimum Gasteiger partial charge on any atom is -0.444 e. The molecule has 0 N–H and O–H groups in total. The lowest BCUT2D eigenvalue weighted by molar-refractivity contribution is -0.106. The summed E-state index contributed by atoms with van der Waals surface area (Å²) in [6.07, 6.45) is 6.74. The molecule has 0 radical (unpaired) electrons. The van der Waals surface area contributed by atoms with Crippen LogP contribution in [0.25, 0.3) is 5.57 Å². The normalized spacial score (nSPS) is 23.0. The molecule has 0 saturated carbocycles. The van der Waals surface area contributed by atoms with E-state index in [4.69, 9.17) is 13.7 Å². The number of hydroxylamine groups is 2. The molecule has 1 unspecified atom stereocenters. The fourth-order valence-electron chi connectivity index (χ4n) is 3.04. The van der Waals surface area contributed by atoms with E-state index in [1.54, 1.807) is 17.2 Å². The van der Waals surface area contributed by atoms with Crippen molar-refractivity contribution in [3.8, 4) is 0 Å². The van der Waals surface area contributed by atoms with Crippen LogP contribution in [0.4, 0.5) is 4.79 Å². The highest BCUT2D eigenvalue weighted by Gasteiger charge is 2.48. The van der Waals surface area contributed by atoms with E-state index < -0.39 is 8.32 Å². The first-order valence-corrected chi connectivity index (χ1v) is 12.1. The molecule has 7 nitrogen and oxygen atoms in total. The third-order valence-corrected chi connectivity index (χ3v) is 10.2. The summed E-state index contributed by atoms with van der Waals surface area (Å²) < 4.78 is 11.9. The van der Waals surface area contributed by atoms with Gasteiger partial charge in [-0.2, -0.15) is 5.06 Å². The first-order valence-electron chi connectivity index (χ1n) is 9.24. The van der Waals surface area contributed by atoms with Gasteiger partial charge in [-0.05, 0) is 18.1 Å². The van der Waals surface area contributed by atoms with Crippen molar-refractivity contribution in [1.82, 2.24) is 14.9 Å². The van der Waals surface area contributed by atoms with E-state index in [1.165, 1.54) is 11.5 Å². The number of nitrogens with zero attached hydrogens (tertiary/aromatic N) is 3. The lowest BCUT2D eigenvalue weighted by atomic mass is 9.98. The van der Waals surface area contributed by atoms with Crippen LogP contribution >= 0.6 is 0 Å². The number of carbonyl (C=O) groups is 1. The molecule has 2 aliphatic rings. The summed E-state index contributed by atoms with van der Waals surface area (Å²) in [5.41, 5.74) is 0.905. The second-order valence-corrected chi connectivity index (χ2v) is 13.3. The molecule has 1 aromatic rings. The van der Waals surface area contributed by atoms with Crippen LogP contribution in [-0.2, 0) is 9.26 Å². The van der Waals surface area contributed by atoms with Gasteiger partial charge in [0, 0.05) is 5.57 Å². The van der Waals surface area contributed by atoms with Crippen LogP contribution in [0.5, 0.6) is 0 Å². The zero-order valence-electron chi connectivity index (χ0n) is 16.8. The lowest BCUT2D eigenvalue weighted by Gasteiger charge is -2.38. The Morgan fingerprint density at radius 1 is 1.44 bits per heavy atom. The Bertz CT molecular complexity index is 724. The van der Waals surface area contributed by atoms with Crippen molar-refractivity contribution in [3.05, 3.63) is 37.1 Å². The Morgan fingerprint density at radius 3 is 2.78 bits per heavy atom. The van der Waals surface area contributed by atoms with E-state index in [2.05, 4.69) is 51.5 Å². The summed E-state index contributed by atoms with van der Waals surface area (Å²) in [6.45, 7) is 16.0. The van der Waals surface area contributed by atoms with Gasteiger partial charge >= 0.3 is 6.03 Å². The fraction of sp³-hybridized carbons (Fsp3) is 0.579. The molecule has 2 aliphatic heterocycles. The third-order valence-electron chi connectivity index (χ3n) is 5.69. The van der Waals surface area contributed by atoms with Gasteiger partial charge in [0.15, 0.2) is 20.5 Å². The van der Waals surface area contributed by atoms with Gasteiger partial charge in [-0.15, -0.1) is 6.58 Å². The molecule has 2 amide bonds. The number of carbonyl (C=O) groups excluding carboxylic acids is 1. The molecule has 8 heteroatoms. The predicted octanol–water partition coefficient (Wildman–Crippen LogP) is 3.69. The SMILES string of the molecule is C=CCON1C(=O)N2C[C@H]1C(c1cnco1)=CC2CO[Si](C)(C)C(C)(C)C. The Labute approximate surface area is 161 Å². The number of fused-ring (bicyclic) bond motifs is 2. The third kappa shape index (κ3) is 3.74. The van der Waals surface area contributed by atoms with Gasteiger partial charge in [0.1, 0.15) is 6.04 Å². The van der Waals surface area contributed by atoms with E-state index in [-0.39, 0.29) is 29.8 Å². The van der Waals surface area contributed by atoms with Crippen molar-refractivity contribution in [3.63, 3.8) is 0 Å². The molecule has 1 aromatic heterocycles. The van der Waals surface area contributed by atoms with Crippen molar-refractivity contribution in [2.45, 2.75) is 51.0 Å². The standard InChI is InChI=1S/C19H29N3O4Si/c1-7-8-25-22-16-11-21(18(22)23)14(9-15(16)17-10-20-13-24-17)12-26-27(5,6)19(2,3)4/h7,9-10,13-14,16H,1,8,11-12H2,2-6H3/t14?,16-/m0/s1. The average Bonchev–Trinajstić information content (AvgIpc) is 3.21. The fourth-order valence-corrected chi connectivity index (χ4v) is 4.06. The molecule has 0 aromatic carbocycles. The Kier molecular flexibility index (Phi) is 5.33. The minimum absolute atomic E-state index is 0.107. The van der Waals surface area contributed by atoms with Crippen LogP contribution in [-0.4, -0.2) is 61.1 Å². The molecular formula is C19H29N3O4Si. The van der Waals surface area contributed by atoms with E-state index in [0.29, 0.717) is 18.9 Å². The van der Waals surface area contributed by atoms with Crippen molar-refractivity contribution in [1.29, 1.82) is 0 Å². The second kappa shape index (κ2) is 7.25. The maximum atomic E-state index is 12.9. The van der Waals surface area contributed by atoms with E-state index in [0.717, 1.165) is 5.57 Å². The monoisotopic (exact) mass is 391 g/mol. The molecule has 0 aliphatic carbocycles. The molecular weight excluding hydrogens is 362 g/mol. The molecule has 3 heterocycles. The van der Waals surface area contributed by atoms with E-state index in [9.17, 15) is 4.79 Å². The quantitative estimate of drug-likeness (QED) is 0.524. The number of amides is 2. The second-order valence-electron chi connectivity index (χ2n) is 8.49. The van der Waals surface area contributed by atoms with Gasteiger partial charge in [-0.1, -0.05) is 32.9 Å². The summed E-state index contributed by atoms with van der Waals surface area (Å²) in [4.78, 5) is 24.4. The zero-order chi connectivity index (χ0) is 19.8. The van der Waals surface area contributed by atoms with Crippen LogP contribution in [0.2, 0.25) is 18.1 Å². The minimum atomic E-state index is -1.93. The summed E-state index contributed by atoms with van der Waals surface area (Å²) in [7, 11) is -1.93. The van der Waals surface area contributed by atoms with Crippen molar-refractivity contribution < 1.29 is 18.5 Å². The molecule has 3 rings (SSSR count). The topological polar surface area (TPSA) is 68.0 Å².